The van der Waals surface area contributed by atoms with E-state index in [2.05, 4.69) is 5.10 Å². The first kappa shape index (κ1) is 12.9. The van der Waals surface area contributed by atoms with Gasteiger partial charge < -0.3 is 0 Å². The third-order valence-electron chi connectivity index (χ3n) is 2.27. The summed E-state index contributed by atoms with van der Waals surface area (Å²) in [5.74, 6) is -0.538. The molecular formula is C11H7ClF4N2. The van der Waals surface area contributed by atoms with Crippen LogP contribution in [-0.2, 0) is 12.7 Å². The summed E-state index contributed by atoms with van der Waals surface area (Å²) in [4.78, 5) is 0. The molecule has 18 heavy (non-hydrogen) atoms. The van der Waals surface area contributed by atoms with Crippen LogP contribution < -0.4 is 0 Å². The maximum atomic E-state index is 13.4. The van der Waals surface area contributed by atoms with Crippen molar-refractivity contribution < 1.29 is 17.6 Å². The minimum atomic E-state index is -4.50. The van der Waals surface area contributed by atoms with Gasteiger partial charge in [-0.05, 0) is 24.3 Å². The lowest BCUT2D eigenvalue weighted by Gasteiger charge is -2.05. The number of halogens is 5. The monoisotopic (exact) mass is 278 g/mol. The van der Waals surface area contributed by atoms with Crippen molar-refractivity contribution in [3.63, 3.8) is 0 Å². The quantitative estimate of drug-likeness (QED) is 0.765. The Balaban J connectivity index is 2.24. The fourth-order valence-corrected chi connectivity index (χ4v) is 1.63. The van der Waals surface area contributed by atoms with Crippen LogP contribution in [0, 0.1) is 5.82 Å². The molecular weight excluding hydrogens is 272 g/mol. The normalized spacial score (nSPS) is 11.8. The summed E-state index contributed by atoms with van der Waals surface area (Å²) in [6.07, 6.45) is -3.36. The molecule has 96 valence electrons. The van der Waals surface area contributed by atoms with E-state index in [0.29, 0.717) is 5.02 Å². The van der Waals surface area contributed by atoms with E-state index in [-0.39, 0.29) is 12.1 Å². The Hall–Kier alpha value is -1.56. The second-order valence-corrected chi connectivity index (χ2v) is 4.07. The highest BCUT2D eigenvalue weighted by Gasteiger charge is 2.33. The first-order valence-electron chi connectivity index (χ1n) is 4.91. The third kappa shape index (κ3) is 2.81. The van der Waals surface area contributed by atoms with Gasteiger partial charge in [-0.15, -0.1) is 0 Å². The predicted molar refractivity (Wildman–Crippen MR) is 57.7 cm³/mol. The van der Waals surface area contributed by atoms with E-state index in [4.69, 9.17) is 11.6 Å². The smallest absolute Gasteiger partial charge is 0.268 e. The van der Waals surface area contributed by atoms with Crippen molar-refractivity contribution in [2.75, 3.05) is 0 Å². The van der Waals surface area contributed by atoms with Crippen molar-refractivity contribution >= 4 is 11.6 Å². The Morgan fingerprint density at radius 3 is 2.56 bits per heavy atom. The highest BCUT2D eigenvalue weighted by atomic mass is 35.5. The standard InChI is InChI=1S/C11H7ClF4N2/c12-8-1-2-9(13)7(5-8)6-18-4-3-10(17-18)11(14,15)16/h1-5H,6H2. The van der Waals surface area contributed by atoms with Gasteiger partial charge in [-0.25, -0.2) is 4.39 Å². The molecule has 7 heteroatoms. The Morgan fingerprint density at radius 1 is 1.22 bits per heavy atom. The van der Waals surface area contributed by atoms with Gasteiger partial charge in [0.05, 0.1) is 6.54 Å². The van der Waals surface area contributed by atoms with Gasteiger partial charge in [0.1, 0.15) is 5.82 Å². The lowest BCUT2D eigenvalue weighted by atomic mass is 10.2. The summed E-state index contributed by atoms with van der Waals surface area (Å²) >= 11 is 5.68. The maximum absolute atomic E-state index is 13.4. The van der Waals surface area contributed by atoms with Gasteiger partial charge in [0, 0.05) is 16.8 Å². The molecule has 0 saturated heterocycles. The van der Waals surface area contributed by atoms with Gasteiger partial charge in [-0.3, -0.25) is 4.68 Å². The van der Waals surface area contributed by atoms with Gasteiger partial charge in [-0.1, -0.05) is 11.6 Å². The fourth-order valence-electron chi connectivity index (χ4n) is 1.44. The second-order valence-electron chi connectivity index (χ2n) is 3.63. The molecule has 0 unspecified atom stereocenters. The number of nitrogens with zero attached hydrogens (tertiary/aromatic N) is 2. The van der Waals surface area contributed by atoms with Gasteiger partial charge in [0.15, 0.2) is 5.69 Å². The molecule has 0 atom stereocenters. The van der Waals surface area contributed by atoms with E-state index in [0.717, 1.165) is 23.0 Å². The zero-order valence-electron chi connectivity index (χ0n) is 8.88. The summed E-state index contributed by atoms with van der Waals surface area (Å²) in [7, 11) is 0. The molecule has 0 aliphatic carbocycles. The van der Waals surface area contributed by atoms with E-state index < -0.39 is 17.7 Å². The lowest BCUT2D eigenvalue weighted by Crippen LogP contribution is -2.09. The molecule has 2 rings (SSSR count). The number of benzene rings is 1. The molecule has 0 N–H and O–H groups in total. The predicted octanol–water partition coefficient (Wildman–Crippen LogP) is 3.74. The van der Waals surface area contributed by atoms with Crippen LogP contribution in [0.15, 0.2) is 30.5 Å². The number of hydrogen-bond donors (Lipinski definition) is 0. The summed E-state index contributed by atoms with van der Waals surface area (Å²) in [5, 5.41) is 3.64. The molecule has 1 heterocycles. The molecule has 0 aliphatic rings. The molecule has 0 fully saturated rings. The molecule has 2 aromatic rings. The number of rotatable bonds is 2. The van der Waals surface area contributed by atoms with E-state index in [1.807, 2.05) is 0 Å². The Labute approximate surface area is 105 Å². The summed E-state index contributed by atoms with van der Waals surface area (Å²) in [5.41, 5.74) is -0.829. The number of alkyl halides is 3. The third-order valence-corrected chi connectivity index (χ3v) is 2.51. The van der Waals surface area contributed by atoms with Gasteiger partial charge in [0.25, 0.3) is 0 Å². The van der Waals surface area contributed by atoms with Crippen LogP contribution in [0.4, 0.5) is 17.6 Å². The average molecular weight is 279 g/mol. The van der Waals surface area contributed by atoms with Crippen molar-refractivity contribution in [2.24, 2.45) is 0 Å². The fraction of sp³-hybridized carbons (Fsp3) is 0.182. The van der Waals surface area contributed by atoms with E-state index >= 15 is 0 Å². The molecule has 1 aromatic carbocycles. The highest BCUT2D eigenvalue weighted by Crippen LogP contribution is 2.27. The Kier molecular flexibility index (Phi) is 3.30. The van der Waals surface area contributed by atoms with Crippen LogP contribution in [0.25, 0.3) is 0 Å². The average Bonchev–Trinajstić information content (AvgIpc) is 2.71. The number of aromatic nitrogens is 2. The molecule has 2 nitrogen and oxygen atoms in total. The SMILES string of the molecule is Fc1ccc(Cl)cc1Cn1ccc(C(F)(F)F)n1. The zero-order chi connectivity index (χ0) is 13.3. The first-order valence-corrected chi connectivity index (χ1v) is 5.28. The van der Waals surface area contributed by atoms with E-state index in [9.17, 15) is 17.6 Å². The van der Waals surface area contributed by atoms with Crippen LogP contribution in [0.1, 0.15) is 11.3 Å². The van der Waals surface area contributed by atoms with Crippen molar-refractivity contribution in [1.29, 1.82) is 0 Å². The summed E-state index contributed by atoms with van der Waals surface area (Å²) in [6, 6.07) is 4.71. The Bertz CT molecular complexity index is 562. The van der Waals surface area contributed by atoms with Gasteiger partial charge in [-0.2, -0.15) is 18.3 Å². The molecule has 1 aromatic heterocycles. The zero-order valence-corrected chi connectivity index (χ0v) is 9.63. The molecule has 0 amide bonds. The van der Waals surface area contributed by atoms with Crippen molar-refractivity contribution in [3.05, 3.63) is 52.6 Å². The summed E-state index contributed by atoms with van der Waals surface area (Å²) in [6.45, 7) is -0.109. The van der Waals surface area contributed by atoms with E-state index in [1.165, 1.54) is 12.1 Å². The van der Waals surface area contributed by atoms with Crippen molar-refractivity contribution in [2.45, 2.75) is 12.7 Å². The molecule has 0 radical (unpaired) electrons. The minimum Gasteiger partial charge on any atom is -0.268 e. The Morgan fingerprint density at radius 2 is 1.94 bits per heavy atom. The molecule has 0 aliphatic heterocycles. The summed E-state index contributed by atoms with van der Waals surface area (Å²) < 4.78 is 51.3. The van der Waals surface area contributed by atoms with Crippen molar-refractivity contribution in [1.82, 2.24) is 9.78 Å². The lowest BCUT2D eigenvalue weighted by molar-refractivity contribution is -0.141. The topological polar surface area (TPSA) is 17.8 Å². The number of hydrogen-bond acceptors (Lipinski definition) is 1. The van der Waals surface area contributed by atoms with Gasteiger partial charge >= 0.3 is 6.18 Å². The maximum Gasteiger partial charge on any atom is 0.435 e. The first-order chi connectivity index (χ1) is 8.36. The molecule has 0 saturated carbocycles. The second kappa shape index (κ2) is 4.61. The minimum absolute atomic E-state index is 0.109. The van der Waals surface area contributed by atoms with Crippen LogP contribution in [0.5, 0.6) is 0 Å². The van der Waals surface area contributed by atoms with Crippen LogP contribution >= 0.6 is 11.6 Å². The molecule has 0 bridgehead atoms. The van der Waals surface area contributed by atoms with Crippen LogP contribution in [-0.4, -0.2) is 9.78 Å². The highest BCUT2D eigenvalue weighted by molar-refractivity contribution is 6.30. The largest absolute Gasteiger partial charge is 0.435 e. The van der Waals surface area contributed by atoms with Crippen LogP contribution in [0.3, 0.4) is 0 Å². The van der Waals surface area contributed by atoms with E-state index in [1.54, 1.807) is 0 Å². The van der Waals surface area contributed by atoms with Gasteiger partial charge in [0.2, 0.25) is 0 Å². The van der Waals surface area contributed by atoms with Crippen molar-refractivity contribution in [3.8, 4) is 0 Å². The molecule has 0 spiro atoms. The van der Waals surface area contributed by atoms with Crippen LogP contribution in [0.2, 0.25) is 5.02 Å².